The number of hydrogen-bond donors (Lipinski definition) is 1. The standard InChI is InChI=1S/C31H25ClN2O4/c1-16-4-6-17(7-5-16)30-29-25(22-14-18(32)8-11-24(22)38-30)26(31(35)37-3)28-27-20(12-13-34(28)29)21-15-19(36-2)9-10-23(21)33-27/h4-11,14-15,30,33H,12-13H2,1-3H3/t30-/m0/s1. The molecule has 0 saturated carbocycles. The summed E-state index contributed by atoms with van der Waals surface area (Å²) in [5.74, 6) is 1.08. The van der Waals surface area contributed by atoms with Gasteiger partial charge in [-0.05, 0) is 60.9 Å². The number of aromatic nitrogens is 2. The van der Waals surface area contributed by atoms with E-state index >= 15 is 0 Å². The molecular formula is C31H25ClN2O4. The van der Waals surface area contributed by atoms with E-state index < -0.39 is 12.1 Å². The quantitative estimate of drug-likeness (QED) is 0.256. The van der Waals surface area contributed by atoms with E-state index in [9.17, 15) is 4.79 Å². The first-order valence-electron chi connectivity index (χ1n) is 12.5. The molecule has 0 amide bonds. The molecule has 38 heavy (non-hydrogen) atoms. The molecule has 2 aliphatic heterocycles. The van der Waals surface area contributed by atoms with Crippen LogP contribution in [0, 0.1) is 6.92 Å². The lowest BCUT2D eigenvalue weighted by atomic mass is 9.91. The van der Waals surface area contributed by atoms with Crippen LogP contribution in [0.5, 0.6) is 11.5 Å². The van der Waals surface area contributed by atoms with Gasteiger partial charge >= 0.3 is 5.97 Å². The number of aromatic amines is 1. The average molecular weight is 525 g/mol. The number of nitrogens with one attached hydrogen (secondary N) is 1. The Balaban J connectivity index is 1.58. The van der Waals surface area contributed by atoms with E-state index in [1.54, 1.807) is 7.11 Å². The lowest BCUT2D eigenvalue weighted by molar-refractivity contribution is 0.0602. The van der Waals surface area contributed by atoms with E-state index in [1.165, 1.54) is 12.7 Å². The number of esters is 1. The number of rotatable bonds is 3. The second-order valence-electron chi connectivity index (χ2n) is 9.82. The summed E-state index contributed by atoms with van der Waals surface area (Å²) in [5, 5.41) is 1.67. The summed E-state index contributed by atoms with van der Waals surface area (Å²) in [5.41, 5.74) is 9.12. The third kappa shape index (κ3) is 3.23. The molecule has 2 aromatic heterocycles. The zero-order valence-electron chi connectivity index (χ0n) is 21.2. The minimum Gasteiger partial charge on any atom is -0.497 e. The fourth-order valence-electron chi connectivity index (χ4n) is 5.96. The Morgan fingerprint density at radius 1 is 1.08 bits per heavy atom. The molecular weight excluding hydrogens is 500 g/mol. The van der Waals surface area contributed by atoms with E-state index in [4.69, 9.17) is 25.8 Å². The van der Waals surface area contributed by atoms with Crippen molar-refractivity contribution in [3.8, 4) is 34.0 Å². The van der Waals surface area contributed by atoms with Crippen LogP contribution in [0.1, 0.15) is 38.8 Å². The van der Waals surface area contributed by atoms with Crippen molar-refractivity contribution >= 4 is 28.5 Å². The largest absolute Gasteiger partial charge is 0.497 e. The zero-order valence-corrected chi connectivity index (χ0v) is 22.0. The van der Waals surface area contributed by atoms with Crippen molar-refractivity contribution < 1.29 is 19.0 Å². The molecule has 2 aliphatic rings. The average Bonchev–Trinajstić information content (AvgIpc) is 3.48. The van der Waals surface area contributed by atoms with Crippen molar-refractivity contribution in [3.05, 3.63) is 93.6 Å². The van der Waals surface area contributed by atoms with Crippen LogP contribution >= 0.6 is 11.6 Å². The predicted molar refractivity (Wildman–Crippen MR) is 147 cm³/mol. The second kappa shape index (κ2) is 8.43. The maximum Gasteiger partial charge on any atom is 0.340 e. The Morgan fingerprint density at radius 3 is 2.66 bits per heavy atom. The summed E-state index contributed by atoms with van der Waals surface area (Å²) in [6.45, 7) is 2.75. The fraction of sp³-hybridized carbons (Fsp3) is 0.194. The molecule has 4 heterocycles. The van der Waals surface area contributed by atoms with Gasteiger partial charge in [0, 0.05) is 33.6 Å². The predicted octanol–water partition coefficient (Wildman–Crippen LogP) is 7.10. The zero-order chi connectivity index (χ0) is 26.1. The smallest absolute Gasteiger partial charge is 0.340 e. The van der Waals surface area contributed by atoms with Gasteiger partial charge in [-0.3, -0.25) is 0 Å². The molecule has 6 nitrogen and oxygen atoms in total. The van der Waals surface area contributed by atoms with Crippen LogP contribution in [-0.4, -0.2) is 29.7 Å². The van der Waals surface area contributed by atoms with Gasteiger partial charge in [-0.1, -0.05) is 41.4 Å². The highest BCUT2D eigenvalue weighted by atomic mass is 35.5. The Hall–Kier alpha value is -4.16. The van der Waals surface area contributed by atoms with Crippen LogP contribution in [0.25, 0.3) is 33.4 Å². The van der Waals surface area contributed by atoms with Crippen LogP contribution in [0.4, 0.5) is 0 Å². The first-order valence-corrected chi connectivity index (χ1v) is 12.9. The third-order valence-corrected chi connectivity index (χ3v) is 7.95. The minimum atomic E-state index is -0.401. The molecule has 7 rings (SSSR count). The number of aryl methyl sites for hydroxylation is 2. The summed E-state index contributed by atoms with van der Waals surface area (Å²) >= 11 is 6.47. The Kier molecular flexibility index (Phi) is 5.10. The number of fused-ring (bicyclic) bond motifs is 9. The van der Waals surface area contributed by atoms with Gasteiger partial charge in [0.1, 0.15) is 11.5 Å². The Bertz CT molecular complexity index is 1760. The van der Waals surface area contributed by atoms with E-state index in [0.717, 1.165) is 62.4 Å². The Morgan fingerprint density at radius 2 is 1.89 bits per heavy atom. The summed E-state index contributed by atoms with van der Waals surface area (Å²) in [6, 6.07) is 19.9. The number of carbonyl (C=O) groups is 1. The maximum absolute atomic E-state index is 13.6. The van der Waals surface area contributed by atoms with Crippen molar-refractivity contribution in [2.24, 2.45) is 0 Å². The van der Waals surface area contributed by atoms with Crippen molar-refractivity contribution in [1.82, 2.24) is 9.55 Å². The van der Waals surface area contributed by atoms with Gasteiger partial charge in [-0.15, -0.1) is 0 Å². The van der Waals surface area contributed by atoms with E-state index in [2.05, 4.69) is 40.7 Å². The summed E-state index contributed by atoms with van der Waals surface area (Å²) in [6.07, 6.45) is 0.391. The lowest BCUT2D eigenvalue weighted by Gasteiger charge is -2.30. The third-order valence-electron chi connectivity index (χ3n) is 7.71. The fourth-order valence-corrected chi connectivity index (χ4v) is 6.14. The monoisotopic (exact) mass is 524 g/mol. The molecule has 190 valence electrons. The van der Waals surface area contributed by atoms with Gasteiger partial charge in [0.15, 0.2) is 6.10 Å². The van der Waals surface area contributed by atoms with Gasteiger partial charge in [0.2, 0.25) is 0 Å². The topological polar surface area (TPSA) is 65.5 Å². The van der Waals surface area contributed by atoms with Crippen molar-refractivity contribution in [1.29, 1.82) is 0 Å². The van der Waals surface area contributed by atoms with Crippen molar-refractivity contribution in [2.75, 3.05) is 14.2 Å². The van der Waals surface area contributed by atoms with Crippen molar-refractivity contribution in [3.63, 3.8) is 0 Å². The summed E-state index contributed by atoms with van der Waals surface area (Å²) in [7, 11) is 3.09. The molecule has 0 bridgehead atoms. The van der Waals surface area contributed by atoms with E-state index in [1.807, 2.05) is 36.4 Å². The first kappa shape index (κ1) is 23.0. The molecule has 0 saturated heterocycles. The number of ether oxygens (including phenoxy) is 3. The van der Waals surface area contributed by atoms with Crippen molar-refractivity contribution in [2.45, 2.75) is 26.0 Å². The first-order chi connectivity index (χ1) is 18.5. The number of benzene rings is 3. The number of hydrogen-bond acceptors (Lipinski definition) is 4. The Labute approximate surface area is 224 Å². The van der Waals surface area contributed by atoms with Crippen LogP contribution < -0.4 is 9.47 Å². The molecule has 1 N–H and O–H groups in total. The number of nitrogens with zero attached hydrogens (tertiary/aromatic N) is 1. The van der Waals surface area contributed by atoms with Gasteiger partial charge in [0.25, 0.3) is 0 Å². The van der Waals surface area contributed by atoms with E-state index in [-0.39, 0.29) is 0 Å². The number of H-pyrrole nitrogens is 1. The highest BCUT2D eigenvalue weighted by Gasteiger charge is 2.41. The van der Waals surface area contributed by atoms with Crippen LogP contribution in [0.2, 0.25) is 5.02 Å². The normalized spacial score (nSPS) is 15.2. The van der Waals surface area contributed by atoms with Crippen LogP contribution in [0.3, 0.4) is 0 Å². The summed E-state index contributed by atoms with van der Waals surface area (Å²) < 4.78 is 19.8. The van der Waals surface area contributed by atoms with Crippen LogP contribution in [0.15, 0.2) is 60.7 Å². The van der Waals surface area contributed by atoms with Gasteiger partial charge in [-0.2, -0.15) is 0 Å². The van der Waals surface area contributed by atoms with Gasteiger partial charge in [0.05, 0.1) is 36.9 Å². The second-order valence-corrected chi connectivity index (χ2v) is 10.3. The molecule has 1 atom stereocenters. The van der Waals surface area contributed by atoms with E-state index in [0.29, 0.717) is 22.9 Å². The molecule has 5 aromatic rings. The molecule has 3 aromatic carbocycles. The molecule has 0 aliphatic carbocycles. The SMILES string of the molecule is COC(=O)c1c2c(n3c1-c1[nH]c4ccc(OC)cc4c1CC3)[C@H](c1ccc(C)cc1)Oc1ccc(Cl)cc1-2. The highest BCUT2D eigenvalue weighted by molar-refractivity contribution is 6.31. The number of methoxy groups -OCH3 is 2. The molecule has 7 heteroatoms. The highest BCUT2D eigenvalue weighted by Crippen LogP contribution is 2.53. The lowest BCUT2D eigenvalue weighted by Crippen LogP contribution is -2.21. The molecule has 0 spiro atoms. The van der Waals surface area contributed by atoms with Gasteiger partial charge in [-0.25, -0.2) is 4.79 Å². The summed E-state index contributed by atoms with van der Waals surface area (Å²) in [4.78, 5) is 17.2. The van der Waals surface area contributed by atoms with Crippen LogP contribution in [-0.2, 0) is 17.7 Å². The molecule has 0 fully saturated rings. The molecule has 0 radical (unpaired) electrons. The maximum atomic E-state index is 13.6. The van der Waals surface area contributed by atoms with Gasteiger partial charge < -0.3 is 23.8 Å². The minimum absolute atomic E-state index is 0.394. The number of carbonyl (C=O) groups excluding carboxylic acids is 1. The number of halogens is 1. The molecule has 0 unspecified atom stereocenters.